The standard InChI is InChI=1S/C12H15F3N2O/c1-16-6-7-17-11(18)8-9-2-4-10(5-3-9)12(13,14)15/h2-5,16H,6-8H2,1H3,(H,17,18). The van der Waals surface area contributed by atoms with Crippen LogP contribution < -0.4 is 10.6 Å². The Morgan fingerprint density at radius 2 is 1.78 bits per heavy atom. The Morgan fingerprint density at radius 3 is 2.28 bits per heavy atom. The summed E-state index contributed by atoms with van der Waals surface area (Å²) in [6.07, 6.45) is -4.25. The molecular weight excluding hydrogens is 245 g/mol. The van der Waals surface area contributed by atoms with Gasteiger partial charge in [-0.25, -0.2) is 0 Å². The molecule has 0 saturated carbocycles. The number of amides is 1. The lowest BCUT2D eigenvalue weighted by molar-refractivity contribution is -0.137. The minimum absolute atomic E-state index is 0.0852. The van der Waals surface area contributed by atoms with Crippen LogP contribution in [0.3, 0.4) is 0 Å². The second-order valence-electron chi connectivity index (χ2n) is 3.82. The third-order valence-electron chi connectivity index (χ3n) is 2.34. The lowest BCUT2D eigenvalue weighted by atomic mass is 10.1. The lowest BCUT2D eigenvalue weighted by Gasteiger charge is -2.08. The average Bonchev–Trinajstić information content (AvgIpc) is 2.29. The van der Waals surface area contributed by atoms with Crippen LogP contribution in [0.15, 0.2) is 24.3 Å². The van der Waals surface area contributed by atoms with E-state index in [1.807, 2.05) is 0 Å². The van der Waals surface area contributed by atoms with Crippen molar-refractivity contribution in [2.45, 2.75) is 12.6 Å². The van der Waals surface area contributed by atoms with Gasteiger partial charge in [0.1, 0.15) is 0 Å². The number of carbonyl (C=O) groups excluding carboxylic acids is 1. The number of carbonyl (C=O) groups is 1. The number of nitrogens with one attached hydrogen (secondary N) is 2. The quantitative estimate of drug-likeness (QED) is 0.789. The first-order valence-corrected chi connectivity index (χ1v) is 5.51. The van der Waals surface area contributed by atoms with Crippen molar-refractivity contribution in [2.75, 3.05) is 20.1 Å². The van der Waals surface area contributed by atoms with Crippen LogP contribution in [0.2, 0.25) is 0 Å². The summed E-state index contributed by atoms with van der Waals surface area (Å²) in [5.74, 6) is -0.204. The van der Waals surface area contributed by atoms with E-state index in [1.165, 1.54) is 12.1 Å². The highest BCUT2D eigenvalue weighted by Gasteiger charge is 2.29. The van der Waals surface area contributed by atoms with Crippen LogP contribution in [0.1, 0.15) is 11.1 Å². The second kappa shape index (κ2) is 6.39. The Kier molecular flexibility index (Phi) is 5.15. The van der Waals surface area contributed by atoms with E-state index in [2.05, 4.69) is 10.6 Å². The topological polar surface area (TPSA) is 41.1 Å². The summed E-state index contributed by atoms with van der Waals surface area (Å²) in [6.45, 7) is 1.15. The van der Waals surface area contributed by atoms with Gasteiger partial charge < -0.3 is 10.6 Å². The molecule has 0 spiro atoms. The van der Waals surface area contributed by atoms with Crippen molar-refractivity contribution >= 4 is 5.91 Å². The number of benzene rings is 1. The Balaban J connectivity index is 2.51. The fourth-order valence-electron chi connectivity index (χ4n) is 1.39. The van der Waals surface area contributed by atoms with Gasteiger partial charge in [0.15, 0.2) is 0 Å². The van der Waals surface area contributed by atoms with Gasteiger partial charge in [0.2, 0.25) is 5.91 Å². The Bertz CT molecular complexity index is 387. The van der Waals surface area contributed by atoms with Gasteiger partial charge in [-0.3, -0.25) is 4.79 Å². The molecule has 0 bridgehead atoms. The molecule has 0 radical (unpaired) electrons. The summed E-state index contributed by atoms with van der Waals surface area (Å²) in [5.41, 5.74) is -0.146. The van der Waals surface area contributed by atoms with Crippen molar-refractivity contribution in [3.63, 3.8) is 0 Å². The van der Waals surface area contributed by atoms with Crippen molar-refractivity contribution < 1.29 is 18.0 Å². The third kappa shape index (κ3) is 4.75. The molecule has 6 heteroatoms. The highest BCUT2D eigenvalue weighted by atomic mass is 19.4. The summed E-state index contributed by atoms with van der Waals surface area (Å²) in [7, 11) is 1.77. The van der Waals surface area contributed by atoms with Crippen LogP contribution in [0.4, 0.5) is 13.2 Å². The van der Waals surface area contributed by atoms with Gasteiger partial charge in [0.05, 0.1) is 12.0 Å². The average molecular weight is 260 g/mol. The van der Waals surface area contributed by atoms with Crippen LogP contribution in [-0.2, 0) is 17.4 Å². The maximum Gasteiger partial charge on any atom is 0.416 e. The maximum absolute atomic E-state index is 12.3. The van der Waals surface area contributed by atoms with E-state index in [0.717, 1.165) is 12.1 Å². The molecule has 1 aromatic carbocycles. The van der Waals surface area contributed by atoms with Crippen molar-refractivity contribution in [2.24, 2.45) is 0 Å². The molecule has 2 N–H and O–H groups in total. The van der Waals surface area contributed by atoms with Crippen LogP contribution in [-0.4, -0.2) is 26.0 Å². The number of hydrogen-bond donors (Lipinski definition) is 2. The molecule has 1 amide bonds. The molecule has 0 aliphatic rings. The van der Waals surface area contributed by atoms with Crippen LogP contribution in [0.5, 0.6) is 0 Å². The molecule has 0 aliphatic heterocycles. The predicted octanol–water partition coefficient (Wildman–Crippen LogP) is 1.58. The molecule has 0 aliphatic carbocycles. The summed E-state index contributed by atoms with van der Waals surface area (Å²) in [5, 5.41) is 5.52. The van der Waals surface area contributed by atoms with Gasteiger partial charge in [0, 0.05) is 13.1 Å². The van der Waals surface area contributed by atoms with E-state index >= 15 is 0 Å². The number of rotatable bonds is 5. The smallest absolute Gasteiger partial charge is 0.355 e. The fourth-order valence-corrected chi connectivity index (χ4v) is 1.39. The Morgan fingerprint density at radius 1 is 1.17 bits per heavy atom. The van der Waals surface area contributed by atoms with Crippen LogP contribution in [0.25, 0.3) is 0 Å². The molecule has 1 rings (SSSR count). The molecule has 0 heterocycles. The SMILES string of the molecule is CNCCNC(=O)Cc1ccc(C(F)(F)F)cc1. The zero-order valence-electron chi connectivity index (χ0n) is 9.97. The molecule has 0 atom stereocenters. The van der Waals surface area contributed by atoms with Gasteiger partial charge in [-0.05, 0) is 24.7 Å². The normalized spacial score (nSPS) is 11.3. The first-order chi connectivity index (χ1) is 8.43. The van der Waals surface area contributed by atoms with Crippen molar-refractivity contribution in [1.82, 2.24) is 10.6 Å². The molecule has 18 heavy (non-hydrogen) atoms. The van der Waals surface area contributed by atoms with Gasteiger partial charge in [-0.1, -0.05) is 12.1 Å². The van der Waals surface area contributed by atoms with Crippen molar-refractivity contribution in [3.8, 4) is 0 Å². The molecule has 0 fully saturated rings. The van der Waals surface area contributed by atoms with Crippen molar-refractivity contribution in [1.29, 1.82) is 0 Å². The van der Waals surface area contributed by atoms with Crippen LogP contribution in [0, 0.1) is 0 Å². The molecule has 0 aromatic heterocycles. The predicted molar refractivity (Wildman–Crippen MR) is 62.1 cm³/mol. The molecular formula is C12H15F3N2O. The highest BCUT2D eigenvalue weighted by Crippen LogP contribution is 2.29. The van der Waals surface area contributed by atoms with E-state index < -0.39 is 11.7 Å². The molecule has 1 aromatic rings. The van der Waals surface area contributed by atoms with Gasteiger partial charge >= 0.3 is 6.18 Å². The van der Waals surface area contributed by atoms with Gasteiger partial charge in [-0.15, -0.1) is 0 Å². The zero-order valence-corrected chi connectivity index (χ0v) is 9.97. The van der Waals surface area contributed by atoms with E-state index in [1.54, 1.807) is 7.05 Å². The zero-order chi connectivity index (χ0) is 13.6. The fraction of sp³-hybridized carbons (Fsp3) is 0.417. The van der Waals surface area contributed by atoms with Gasteiger partial charge in [-0.2, -0.15) is 13.2 Å². The summed E-state index contributed by atoms with van der Waals surface area (Å²) >= 11 is 0. The first kappa shape index (κ1) is 14.5. The van der Waals surface area contributed by atoms with E-state index in [0.29, 0.717) is 18.7 Å². The molecule has 3 nitrogen and oxygen atoms in total. The summed E-state index contributed by atoms with van der Waals surface area (Å²) in [4.78, 5) is 11.4. The first-order valence-electron chi connectivity index (χ1n) is 5.51. The molecule has 0 unspecified atom stereocenters. The number of likely N-dealkylation sites (N-methyl/N-ethyl adjacent to an activating group) is 1. The number of halogens is 3. The number of alkyl halides is 3. The third-order valence-corrected chi connectivity index (χ3v) is 2.34. The van der Waals surface area contributed by atoms with Gasteiger partial charge in [0.25, 0.3) is 0 Å². The molecule has 0 saturated heterocycles. The van der Waals surface area contributed by atoms with Crippen molar-refractivity contribution in [3.05, 3.63) is 35.4 Å². The maximum atomic E-state index is 12.3. The Hall–Kier alpha value is -1.56. The summed E-state index contributed by atoms with van der Waals surface area (Å²) < 4.78 is 36.9. The summed E-state index contributed by atoms with van der Waals surface area (Å²) in [6, 6.07) is 4.60. The number of hydrogen-bond acceptors (Lipinski definition) is 2. The minimum Gasteiger partial charge on any atom is -0.355 e. The molecule has 100 valence electrons. The van der Waals surface area contributed by atoms with E-state index in [9.17, 15) is 18.0 Å². The largest absolute Gasteiger partial charge is 0.416 e. The highest BCUT2D eigenvalue weighted by molar-refractivity contribution is 5.78. The van der Waals surface area contributed by atoms with E-state index in [-0.39, 0.29) is 12.3 Å². The minimum atomic E-state index is -4.34. The second-order valence-corrected chi connectivity index (χ2v) is 3.82. The van der Waals surface area contributed by atoms with E-state index in [4.69, 9.17) is 0 Å². The monoisotopic (exact) mass is 260 g/mol. The lowest BCUT2D eigenvalue weighted by Crippen LogP contribution is -2.31. The Labute approximate surface area is 103 Å². The van der Waals surface area contributed by atoms with Crippen LogP contribution >= 0.6 is 0 Å².